The molecule has 0 saturated heterocycles. The molecule has 26 heavy (non-hydrogen) atoms. The summed E-state index contributed by atoms with van der Waals surface area (Å²) in [6.07, 6.45) is -0.0904. The molecule has 5 nitrogen and oxygen atoms in total. The Morgan fingerprint density at radius 2 is 1.88 bits per heavy atom. The van der Waals surface area contributed by atoms with Crippen LogP contribution in [0.1, 0.15) is 19.4 Å². The van der Waals surface area contributed by atoms with Crippen LogP contribution in [-0.2, 0) is 20.7 Å². The summed E-state index contributed by atoms with van der Waals surface area (Å²) in [5.41, 5.74) is 2.00. The number of ether oxygens (including phenoxy) is 2. The third kappa shape index (κ3) is 3.99. The molecule has 1 amide bonds. The zero-order chi connectivity index (χ0) is 18.7. The molecule has 2 atom stereocenters. The van der Waals surface area contributed by atoms with E-state index in [4.69, 9.17) is 21.1 Å². The number of esters is 1. The fraction of sp³-hybridized carbons (Fsp3) is 0.300. The molecule has 2 aromatic rings. The zero-order valence-corrected chi connectivity index (χ0v) is 15.4. The molecular weight excluding hydrogens is 354 g/mol. The number of nitrogens with zero attached hydrogens (tertiary/aromatic N) is 1. The molecule has 0 radical (unpaired) electrons. The number of halogens is 1. The Morgan fingerprint density at radius 3 is 2.62 bits per heavy atom. The van der Waals surface area contributed by atoms with Gasteiger partial charge in [0.2, 0.25) is 0 Å². The maximum Gasteiger partial charge on any atom is 0.344 e. The van der Waals surface area contributed by atoms with Gasteiger partial charge in [-0.25, -0.2) is 4.79 Å². The topological polar surface area (TPSA) is 55.8 Å². The van der Waals surface area contributed by atoms with Crippen molar-refractivity contribution in [2.75, 3.05) is 11.5 Å². The van der Waals surface area contributed by atoms with E-state index in [1.807, 2.05) is 31.2 Å². The summed E-state index contributed by atoms with van der Waals surface area (Å²) in [5.74, 6) is -0.323. The highest BCUT2D eigenvalue weighted by molar-refractivity contribution is 6.30. The molecule has 0 bridgehead atoms. The monoisotopic (exact) mass is 373 g/mol. The fourth-order valence-corrected chi connectivity index (χ4v) is 3.18. The second kappa shape index (κ2) is 7.79. The van der Waals surface area contributed by atoms with Gasteiger partial charge in [0.05, 0.1) is 0 Å². The van der Waals surface area contributed by atoms with E-state index in [0.717, 1.165) is 17.7 Å². The molecule has 1 heterocycles. The van der Waals surface area contributed by atoms with Crippen LogP contribution in [0.25, 0.3) is 0 Å². The first-order valence-electron chi connectivity index (χ1n) is 8.44. The first-order valence-corrected chi connectivity index (χ1v) is 8.82. The SMILES string of the molecule is C[C@H](OC(=O)COc1ccc(Cl)cc1)C(=O)N1c2ccccc2C[C@@H]1C. The standard InChI is InChI=1S/C20H20ClNO4/c1-13-11-15-5-3-4-6-18(15)22(13)20(24)14(2)26-19(23)12-25-17-9-7-16(21)8-10-17/h3-10,13-14H,11-12H2,1-2H3/t13-,14-/m0/s1. The van der Waals surface area contributed by atoms with Gasteiger partial charge in [-0.05, 0) is 56.2 Å². The summed E-state index contributed by atoms with van der Waals surface area (Å²) in [6.45, 7) is 3.29. The van der Waals surface area contributed by atoms with Gasteiger partial charge >= 0.3 is 5.97 Å². The van der Waals surface area contributed by atoms with Crippen LogP contribution < -0.4 is 9.64 Å². The van der Waals surface area contributed by atoms with Crippen LogP contribution in [0.15, 0.2) is 48.5 Å². The van der Waals surface area contributed by atoms with E-state index in [9.17, 15) is 9.59 Å². The Kier molecular flexibility index (Phi) is 5.47. The van der Waals surface area contributed by atoms with Crippen LogP contribution in [-0.4, -0.2) is 30.6 Å². The molecule has 0 aliphatic carbocycles. The van der Waals surface area contributed by atoms with E-state index in [-0.39, 0.29) is 18.6 Å². The van der Waals surface area contributed by atoms with E-state index in [2.05, 4.69) is 0 Å². The van der Waals surface area contributed by atoms with Crippen molar-refractivity contribution in [1.29, 1.82) is 0 Å². The van der Waals surface area contributed by atoms with Gasteiger partial charge in [-0.2, -0.15) is 0 Å². The van der Waals surface area contributed by atoms with Crippen LogP contribution in [0.3, 0.4) is 0 Å². The number of para-hydroxylation sites is 1. The largest absolute Gasteiger partial charge is 0.482 e. The number of anilines is 1. The van der Waals surface area contributed by atoms with Crippen LogP contribution >= 0.6 is 11.6 Å². The lowest BCUT2D eigenvalue weighted by atomic mass is 10.1. The minimum absolute atomic E-state index is 0.0337. The van der Waals surface area contributed by atoms with Crippen molar-refractivity contribution in [2.45, 2.75) is 32.4 Å². The number of carbonyl (C=O) groups is 2. The number of carbonyl (C=O) groups excluding carboxylic acids is 2. The van der Waals surface area contributed by atoms with Crippen molar-refractivity contribution < 1.29 is 19.1 Å². The summed E-state index contributed by atoms with van der Waals surface area (Å²) in [4.78, 5) is 26.5. The summed E-state index contributed by atoms with van der Waals surface area (Å²) < 4.78 is 10.6. The molecule has 0 aromatic heterocycles. The van der Waals surface area contributed by atoms with Gasteiger partial charge in [0.15, 0.2) is 12.7 Å². The maximum atomic E-state index is 12.8. The van der Waals surface area contributed by atoms with E-state index >= 15 is 0 Å². The van der Waals surface area contributed by atoms with E-state index < -0.39 is 12.1 Å². The number of fused-ring (bicyclic) bond motifs is 1. The van der Waals surface area contributed by atoms with Gasteiger partial charge in [-0.1, -0.05) is 29.8 Å². The van der Waals surface area contributed by atoms with Gasteiger partial charge < -0.3 is 14.4 Å². The predicted molar refractivity (Wildman–Crippen MR) is 99.6 cm³/mol. The minimum Gasteiger partial charge on any atom is -0.482 e. The van der Waals surface area contributed by atoms with E-state index in [1.54, 1.807) is 36.1 Å². The van der Waals surface area contributed by atoms with Crippen molar-refractivity contribution in [2.24, 2.45) is 0 Å². The van der Waals surface area contributed by atoms with Crippen molar-refractivity contribution in [3.8, 4) is 5.75 Å². The second-order valence-corrected chi connectivity index (χ2v) is 6.70. The number of hydrogen-bond donors (Lipinski definition) is 0. The molecule has 3 rings (SSSR count). The third-order valence-corrected chi connectivity index (χ3v) is 4.52. The fourth-order valence-electron chi connectivity index (χ4n) is 3.05. The zero-order valence-electron chi connectivity index (χ0n) is 14.6. The average molecular weight is 374 g/mol. The number of hydrogen-bond acceptors (Lipinski definition) is 4. The first kappa shape index (κ1) is 18.3. The summed E-state index contributed by atoms with van der Waals surface area (Å²) in [7, 11) is 0. The normalized spacial score (nSPS) is 16.7. The summed E-state index contributed by atoms with van der Waals surface area (Å²) >= 11 is 5.80. The predicted octanol–water partition coefficient (Wildman–Crippen LogP) is 3.63. The van der Waals surface area contributed by atoms with Crippen LogP contribution in [0.4, 0.5) is 5.69 Å². The number of rotatable bonds is 5. The lowest BCUT2D eigenvalue weighted by molar-refractivity contribution is -0.155. The smallest absolute Gasteiger partial charge is 0.344 e. The average Bonchev–Trinajstić information content (AvgIpc) is 2.96. The number of benzene rings is 2. The van der Waals surface area contributed by atoms with Crippen LogP contribution in [0.5, 0.6) is 5.75 Å². The lowest BCUT2D eigenvalue weighted by Gasteiger charge is -2.25. The molecular formula is C20H20ClNO4. The molecule has 1 aliphatic rings. The third-order valence-electron chi connectivity index (χ3n) is 4.27. The first-order chi connectivity index (χ1) is 12.5. The molecule has 0 unspecified atom stereocenters. The Bertz CT molecular complexity index is 806. The summed E-state index contributed by atoms with van der Waals surface area (Å²) in [5, 5.41) is 0.583. The van der Waals surface area contributed by atoms with Crippen LogP contribution in [0.2, 0.25) is 5.02 Å². The highest BCUT2D eigenvalue weighted by Crippen LogP contribution is 2.32. The molecule has 0 fully saturated rings. The Labute approximate surface area is 157 Å². The van der Waals surface area contributed by atoms with Crippen molar-refractivity contribution in [1.82, 2.24) is 0 Å². The van der Waals surface area contributed by atoms with E-state index in [1.165, 1.54) is 0 Å². The molecule has 1 aliphatic heterocycles. The molecule has 136 valence electrons. The van der Waals surface area contributed by atoms with Crippen LogP contribution in [0, 0.1) is 0 Å². The molecule has 0 saturated carbocycles. The molecule has 2 aromatic carbocycles. The highest BCUT2D eigenvalue weighted by Gasteiger charge is 2.34. The minimum atomic E-state index is -0.884. The van der Waals surface area contributed by atoms with Crippen molar-refractivity contribution in [3.05, 3.63) is 59.1 Å². The highest BCUT2D eigenvalue weighted by atomic mass is 35.5. The quantitative estimate of drug-likeness (QED) is 0.751. The van der Waals surface area contributed by atoms with Gasteiger partial charge in [0, 0.05) is 16.8 Å². The van der Waals surface area contributed by atoms with Crippen molar-refractivity contribution in [3.63, 3.8) is 0 Å². The molecule has 6 heteroatoms. The van der Waals surface area contributed by atoms with Gasteiger partial charge in [0.25, 0.3) is 5.91 Å². The Balaban J connectivity index is 1.57. The number of amides is 1. The second-order valence-electron chi connectivity index (χ2n) is 6.26. The van der Waals surface area contributed by atoms with Crippen molar-refractivity contribution >= 4 is 29.2 Å². The van der Waals surface area contributed by atoms with Gasteiger partial charge in [0.1, 0.15) is 5.75 Å². The van der Waals surface area contributed by atoms with E-state index in [0.29, 0.717) is 10.8 Å². The Morgan fingerprint density at radius 1 is 1.19 bits per heavy atom. The van der Waals surface area contributed by atoms with Gasteiger partial charge in [-0.15, -0.1) is 0 Å². The Hall–Kier alpha value is -2.53. The van der Waals surface area contributed by atoms with Gasteiger partial charge in [-0.3, -0.25) is 4.79 Å². The maximum absolute atomic E-state index is 12.8. The summed E-state index contributed by atoms with van der Waals surface area (Å²) in [6, 6.07) is 14.5. The molecule has 0 spiro atoms. The lowest BCUT2D eigenvalue weighted by Crippen LogP contribution is -2.43. The molecule has 0 N–H and O–H groups in total.